The van der Waals surface area contributed by atoms with Crippen LogP contribution in [0.2, 0.25) is 0 Å². The number of alkyl halides is 2. The third-order valence-electron chi connectivity index (χ3n) is 1.70. The maximum Gasteiger partial charge on any atom is 0.263 e. The molecule has 0 aromatic heterocycles. The van der Waals surface area contributed by atoms with Crippen LogP contribution in [0.4, 0.5) is 8.78 Å². The molecule has 0 heterocycles. The Morgan fingerprint density at radius 2 is 1.86 bits per heavy atom. The first-order chi connectivity index (χ1) is 6.59. The third kappa shape index (κ3) is 3.09. The normalized spacial score (nSPS) is 11.1. The Morgan fingerprint density at radius 3 is 2.29 bits per heavy atom. The van der Waals surface area contributed by atoms with Crippen molar-refractivity contribution < 1.29 is 13.6 Å². The highest BCUT2D eigenvalue weighted by Gasteiger charge is 2.04. The highest BCUT2D eigenvalue weighted by molar-refractivity contribution is 5.91. The van der Waals surface area contributed by atoms with E-state index >= 15 is 0 Å². The van der Waals surface area contributed by atoms with Gasteiger partial charge in [-0.15, -0.1) is 0 Å². The van der Waals surface area contributed by atoms with E-state index in [0.717, 1.165) is 5.56 Å². The van der Waals surface area contributed by atoms with Crippen molar-refractivity contribution in [3.63, 3.8) is 0 Å². The van der Waals surface area contributed by atoms with Crippen molar-refractivity contribution in [1.29, 1.82) is 0 Å². The van der Waals surface area contributed by atoms with Crippen LogP contribution in [0.15, 0.2) is 30.3 Å². The standard InChI is InChI=1S/C11H10F2O/c1-8(14)2-3-9-4-6-10(7-5-9)11(12)13/h2-7,11H,1H3. The van der Waals surface area contributed by atoms with Crippen LogP contribution in [0.1, 0.15) is 24.5 Å². The molecule has 0 aliphatic rings. The maximum atomic E-state index is 12.1. The lowest BCUT2D eigenvalue weighted by atomic mass is 10.1. The van der Waals surface area contributed by atoms with E-state index in [4.69, 9.17) is 0 Å². The van der Waals surface area contributed by atoms with Gasteiger partial charge in [-0.2, -0.15) is 0 Å². The molecule has 1 aromatic carbocycles. The van der Waals surface area contributed by atoms with Gasteiger partial charge in [0.15, 0.2) is 5.78 Å². The second-order valence-corrected chi connectivity index (χ2v) is 2.91. The van der Waals surface area contributed by atoms with Gasteiger partial charge in [0, 0.05) is 5.56 Å². The number of rotatable bonds is 3. The number of ketones is 1. The largest absolute Gasteiger partial charge is 0.295 e. The zero-order valence-corrected chi connectivity index (χ0v) is 7.71. The van der Waals surface area contributed by atoms with E-state index in [9.17, 15) is 13.6 Å². The smallest absolute Gasteiger partial charge is 0.263 e. The Morgan fingerprint density at radius 1 is 1.29 bits per heavy atom. The number of carbonyl (C=O) groups excluding carboxylic acids is 1. The van der Waals surface area contributed by atoms with Crippen LogP contribution in [-0.4, -0.2) is 5.78 Å². The Hall–Kier alpha value is -1.51. The number of hydrogen-bond acceptors (Lipinski definition) is 1. The van der Waals surface area contributed by atoms with Gasteiger partial charge in [-0.1, -0.05) is 30.3 Å². The quantitative estimate of drug-likeness (QED) is 0.678. The Bertz CT molecular complexity index is 339. The first-order valence-corrected chi connectivity index (χ1v) is 4.16. The van der Waals surface area contributed by atoms with Crippen molar-refractivity contribution in [2.24, 2.45) is 0 Å². The zero-order valence-electron chi connectivity index (χ0n) is 7.71. The molecule has 0 saturated heterocycles. The predicted molar refractivity (Wildman–Crippen MR) is 51.1 cm³/mol. The molecule has 0 bridgehead atoms. The summed E-state index contributed by atoms with van der Waals surface area (Å²) in [4.78, 5) is 10.6. The summed E-state index contributed by atoms with van der Waals surface area (Å²) in [7, 11) is 0. The van der Waals surface area contributed by atoms with Gasteiger partial charge in [-0.3, -0.25) is 4.79 Å². The van der Waals surface area contributed by atoms with Gasteiger partial charge >= 0.3 is 0 Å². The van der Waals surface area contributed by atoms with E-state index in [0.29, 0.717) is 0 Å². The van der Waals surface area contributed by atoms with E-state index in [1.807, 2.05) is 0 Å². The van der Waals surface area contributed by atoms with Crippen LogP contribution in [0.25, 0.3) is 6.08 Å². The van der Waals surface area contributed by atoms with Crippen molar-refractivity contribution in [2.45, 2.75) is 13.3 Å². The molecule has 0 saturated carbocycles. The van der Waals surface area contributed by atoms with Crippen LogP contribution in [0.5, 0.6) is 0 Å². The number of allylic oxidation sites excluding steroid dienone is 1. The maximum absolute atomic E-state index is 12.1. The first kappa shape index (κ1) is 10.6. The minimum atomic E-state index is -2.44. The lowest BCUT2D eigenvalue weighted by molar-refractivity contribution is -0.112. The fourth-order valence-corrected chi connectivity index (χ4v) is 0.966. The molecule has 0 N–H and O–H groups in total. The van der Waals surface area contributed by atoms with Gasteiger partial charge in [0.25, 0.3) is 6.43 Å². The molecule has 0 aliphatic heterocycles. The van der Waals surface area contributed by atoms with Gasteiger partial charge in [0.05, 0.1) is 0 Å². The molecule has 0 atom stereocenters. The summed E-state index contributed by atoms with van der Waals surface area (Å²) in [6, 6.07) is 5.82. The number of halogens is 2. The van der Waals surface area contributed by atoms with Crippen molar-refractivity contribution in [3.8, 4) is 0 Å². The second kappa shape index (κ2) is 4.65. The SMILES string of the molecule is CC(=O)C=Cc1ccc(C(F)F)cc1. The number of hydrogen-bond donors (Lipinski definition) is 0. The molecule has 3 heteroatoms. The van der Waals surface area contributed by atoms with Crippen LogP contribution in [0, 0.1) is 0 Å². The molecular formula is C11H10F2O. The molecule has 1 aromatic rings. The summed E-state index contributed by atoms with van der Waals surface area (Å²) in [6.45, 7) is 1.43. The fourth-order valence-electron chi connectivity index (χ4n) is 0.966. The lowest BCUT2D eigenvalue weighted by Gasteiger charge is -1.98. The molecule has 0 spiro atoms. The van der Waals surface area contributed by atoms with E-state index < -0.39 is 6.43 Å². The van der Waals surface area contributed by atoms with Gasteiger partial charge in [0.1, 0.15) is 0 Å². The summed E-state index contributed by atoms with van der Waals surface area (Å²) >= 11 is 0. The van der Waals surface area contributed by atoms with E-state index in [2.05, 4.69) is 0 Å². The minimum Gasteiger partial charge on any atom is -0.295 e. The van der Waals surface area contributed by atoms with Gasteiger partial charge in [-0.05, 0) is 18.6 Å². The summed E-state index contributed by atoms with van der Waals surface area (Å²) in [6.07, 6.45) is 0.551. The Labute approximate surface area is 81.1 Å². The van der Waals surface area contributed by atoms with Crippen LogP contribution in [0.3, 0.4) is 0 Å². The van der Waals surface area contributed by atoms with Crippen molar-refractivity contribution >= 4 is 11.9 Å². The average Bonchev–Trinajstić information content (AvgIpc) is 2.15. The van der Waals surface area contributed by atoms with Crippen LogP contribution >= 0.6 is 0 Å². The van der Waals surface area contributed by atoms with Crippen LogP contribution in [-0.2, 0) is 4.79 Å². The fraction of sp³-hybridized carbons (Fsp3) is 0.182. The number of carbonyl (C=O) groups is 1. The first-order valence-electron chi connectivity index (χ1n) is 4.16. The summed E-state index contributed by atoms with van der Waals surface area (Å²) < 4.78 is 24.3. The predicted octanol–water partition coefficient (Wildman–Crippen LogP) is 3.23. The van der Waals surface area contributed by atoms with Crippen molar-refractivity contribution in [1.82, 2.24) is 0 Å². The number of benzene rings is 1. The summed E-state index contributed by atoms with van der Waals surface area (Å²) in [5, 5.41) is 0. The summed E-state index contributed by atoms with van der Waals surface area (Å²) in [5.74, 6) is -0.0667. The molecule has 0 radical (unpaired) electrons. The summed E-state index contributed by atoms with van der Waals surface area (Å²) in [5.41, 5.74) is 0.731. The Kier molecular flexibility index (Phi) is 3.51. The minimum absolute atomic E-state index is 0.00928. The molecule has 1 rings (SSSR count). The highest BCUT2D eigenvalue weighted by atomic mass is 19.3. The average molecular weight is 196 g/mol. The monoisotopic (exact) mass is 196 g/mol. The molecule has 0 aliphatic carbocycles. The van der Waals surface area contributed by atoms with Gasteiger partial charge < -0.3 is 0 Å². The molecule has 74 valence electrons. The molecular weight excluding hydrogens is 186 g/mol. The van der Waals surface area contributed by atoms with E-state index in [1.54, 1.807) is 18.2 Å². The highest BCUT2D eigenvalue weighted by Crippen LogP contribution is 2.18. The van der Waals surface area contributed by atoms with Crippen LogP contribution < -0.4 is 0 Å². The molecule has 14 heavy (non-hydrogen) atoms. The zero-order chi connectivity index (χ0) is 10.6. The second-order valence-electron chi connectivity index (χ2n) is 2.91. The molecule has 0 unspecified atom stereocenters. The van der Waals surface area contributed by atoms with E-state index in [1.165, 1.54) is 25.1 Å². The molecule has 1 nitrogen and oxygen atoms in total. The molecule has 0 amide bonds. The lowest BCUT2D eigenvalue weighted by Crippen LogP contribution is -1.84. The van der Waals surface area contributed by atoms with Gasteiger partial charge in [-0.25, -0.2) is 8.78 Å². The van der Waals surface area contributed by atoms with Gasteiger partial charge in [0.2, 0.25) is 0 Å². The molecule has 0 fully saturated rings. The third-order valence-corrected chi connectivity index (χ3v) is 1.70. The van der Waals surface area contributed by atoms with E-state index in [-0.39, 0.29) is 11.3 Å². The van der Waals surface area contributed by atoms with Crippen molar-refractivity contribution in [2.75, 3.05) is 0 Å². The van der Waals surface area contributed by atoms with Crippen molar-refractivity contribution in [3.05, 3.63) is 41.5 Å². The Balaban J connectivity index is 2.78. The topological polar surface area (TPSA) is 17.1 Å².